The lowest BCUT2D eigenvalue weighted by Crippen LogP contribution is -2.00. The highest BCUT2D eigenvalue weighted by molar-refractivity contribution is 7.98. The molecular weight excluding hydrogens is 463 g/mol. The number of nitrogens with zero attached hydrogens (tertiary/aromatic N) is 6. The van der Waals surface area contributed by atoms with Gasteiger partial charge < -0.3 is 8.98 Å². The van der Waals surface area contributed by atoms with Gasteiger partial charge in [-0.1, -0.05) is 35.0 Å². The molecule has 9 nitrogen and oxygen atoms in total. The number of hydrogen-bond acceptors (Lipinski definition) is 8. The molecule has 12 heteroatoms. The Morgan fingerprint density at radius 1 is 1.10 bits per heavy atom. The van der Waals surface area contributed by atoms with Crippen molar-refractivity contribution in [3.8, 4) is 22.8 Å². The highest BCUT2D eigenvalue weighted by atomic mass is 35.5. The molecule has 0 atom stereocenters. The minimum atomic E-state index is -0.463. The van der Waals surface area contributed by atoms with Crippen LogP contribution >= 0.6 is 35.0 Å². The van der Waals surface area contributed by atoms with Crippen LogP contribution in [0.2, 0.25) is 10.0 Å². The van der Waals surface area contributed by atoms with Gasteiger partial charge in [0.2, 0.25) is 11.8 Å². The molecule has 0 unspecified atom stereocenters. The van der Waals surface area contributed by atoms with Crippen LogP contribution in [0, 0.1) is 10.1 Å². The Bertz CT molecular complexity index is 1240. The minimum absolute atomic E-state index is 0.00505. The van der Waals surface area contributed by atoms with Crippen LogP contribution in [0.25, 0.3) is 22.8 Å². The molecule has 0 spiro atoms. The number of aromatic nitrogens is 5. The van der Waals surface area contributed by atoms with Crippen molar-refractivity contribution in [2.24, 2.45) is 0 Å². The van der Waals surface area contributed by atoms with Gasteiger partial charge in [-0.05, 0) is 37.3 Å². The third-order valence-electron chi connectivity index (χ3n) is 4.32. The number of benzene rings is 2. The van der Waals surface area contributed by atoms with E-state index in [0.29, 0.717) is 44.8 Å². The maximum atomic E-state index is 10.8. The van der Waals surface area contributed by atoms with Crippen LogP contribution in [0.15, 0.2) is 52.0 Å². The zero-order valence-electron chi connectivity index (χ0n) is 16.0. The van der Waals surface area contributed by atoms with E-state index in [1.165, 1.54) is 23.9 Å². The van der Waals surface area contributed by atoms with Crippen molar-refractivity contribution in [1.82, 2.24) is 25.0 Å². The number of non-ortho nitro benzene ring substituents is 1. The second kappa shape index (κ2) is 9.04. The lowest BCUT2D eigenvalue weighted by molar-refractivity contribution is -0.384. The summed E-state index contributed by atoms with van der Waals surface area (Å²) < 4.78 is 7.62. The molecule has 0 aliphatic rings. The van der Waals surface area contributed by atoms with Crippen LogP contribution in [0.1, 0.15) is 12.8 Å². The van der Waals surface area contributed by atoms with Crippen molar-refractivity contribution in [2.45, 2.75) is 24.4 Å². The van der Waals surface area contributed by atoms with E-state index in [1.807, 2.05) is 17.6 Å². The molecule has 0 amide bonds. The summed E-state index contributed by atoms with van der Waals surface area (Å²) in [5, 5.41) is 29.1. The Balaban J connectivity index is 1.50. The van der Waals surface area contributed by atoms with E-state index in [9.17, 15) is 10.1 Å². The molecule has 0 N–H and O–H groups in total. The summed E-state index contributed by atoms with van der Waals surface area (Å²) in [4.78, 5) is 10.3. The van der Waals surface area contributed by atoms with Gasteiger partial charge in [0.05, 0.1) is 15.7 Å². The Morgan fingerprint density at radius 2 is 1.87 bits per heavy atom. The molecule has 0 saturated heterocycles. The number of rotatable bonds is 7. The first-order valence-corrected chi connectivity index (χ1v) is 10.8. The van der Waals surface area contributed by atoms with Crippen LogP contribution in [0.5, 0.6) is 0 Å². The minimum Gasteiger partial charge on any atom is -0.420 e. The summed E-state index contributed by atoms with van der Waals surface area (Å²) in [5.74, 6) is 1.71. The highest BCUT2D eigenvalue weighted by Crippen LogP contribution is 2.32. The SMILES string of the molecule is CCn1c(SCc2nnc(-c3ccc([N+](=O)[O-])cc3)o2)nnc1-c1ccc(Cl)cc1Cl. The van der Waals surface area contributed by atoms with Gasteiger partial charge >= 0.3 is 0 Å². The van der Waals surface area contributed by atoms with Gasteiger partial charge in [0.25, 0.3) is 5.69 Å². The van der Waals surface area contributed by atoms with Crippen LogP contribution in [0.4, 0.5) is 5.69 Å². The van der Waals surface area contributed by atoms with Gasteiger partial charge in [-0.2, -0.15) is 0 Å². The number of nitro groups is 1. The zero-order valence-corrected chi connectivity index (χ0v) is 18.4. The first-order valence-electron chi connectivity index (χ1n) is 9.05. The summed E-state index contributed by atoms with van der Waals surface area (Å²) in [7, 11) is 0. The molecule has 2 aromatic carbocycles. The summed E-state index contributed by atoms with van der Waals surface area (Å²) >= 11 is 13.7. The third-order valence-corrected chi connectivity index (χ3v) is 5.82. The lowest BCUT2D eigenvalue weighted by Gasteiger charge is -2.08. The molecule has 0 aliphatic carbocycles. The molecule has 158 valence electrons. The quantitative estimate of drug-likeness (QED) is 0.194. The number of hydrogen-bond donors (Lipinski definition) is 0. The number of halogens is 2. The number of thioether (sulfide) groups is 1. The van der Waals surface area contributed by atoms with Crippen LogP contribution in [-0.2, 0) is 12.3 Å². The van der Waals surface area contributed by atoms with Crippen LogP contribution in [-0.4, -0.2) is 29.9 Å². The van der Waals surface area contributed by atoms with Crippen LogP contribution in [0.3, 0.4) is 0 Å². The average molecular weight is 477 g/mol. The molecule has 0 saturated carbocycles. The van der Waals surface area contributed by atoms with Gasteiger partial charge in [-0.3, -0.25) is 10.1 Å². The Hall–Kier alpha value is -2.95. The second-order valence-corrected chi connectivity index (χ2v) is 8.05. The Kier molecular flexibility index (Phi) is 6.21. The molecular formula is C19H14Cl2N6O3S. The van der Waals surface area contributed by atoms with Gasteiger partial charge in [0, 0.05) is 34.8 Å². The fraction of sp³-hybridized carbons (Fsp3) is 0.158. The largest absolute Gasteiger partial charge is 0.420 e. The lowest BCUT2D eigenvalue weighted by atomic mass is 10.2. The molecule has 0 aliphatic heterocycles. The van der Waals surface area contributed by atoms with Gasteiger partial charge in [-0.15, -0.1) is 20.4 Å². The molecule has 0 fully saturated rings. The highest BCUT2D eigenvalue weighted by Gasteiger charge is 2.17. The molecule has 2 heterocycles. The monoisotopic (exact) mass is 476 g/mol. The predicted molar refractivity (Wildman–Crippen MR) is 117 cm³/mol. The standard InChI is InChI=1S/C19H14Cl2N6O3S/c1-2-26-17(14-8-5-12(20)9-15(14)21)23-25-19(26)31-10-16-22-24-18(30-16)11-3-6-13(7-4-11)27(28)29/h3-9H,2,10H2,1H3. The summed E-state index contributed by atoms with van der Waals surface area (Å²) in [6.07, 6.45) is 0. The van der Waals surface area contributed by atoms with Gasteiger partial charge in [0.1, 0.15) is 0 Å². The predicted octanol–water partition coefficient (Wildman–Crippen LogP) is 5.52. The molecule has 4 aromatic rings. The second-order valence-electron chi connectivity index (χ2n) is 6.27. The smallest absolute Gasteiger partial charge is 0.269 e. The molecule has 0 bridgehead atoms. The zero-order chi connectivity index (χ0) is 22.0. The number of nitro benzene ring substituents is 1. The maximum Gasteiger partial charge on any atom is 0.269 e. The Morgan fingerprint density at radius 3 is 2.55 bits per heavy atom. The van der Waals surface area contributed by atoms with E-state index in [1.54, 1.807) is 24.3 Å². The van der Waals surface area contributed by atoms with E-state index >= 15 is 0 Å². The fourth-order valence-corrected chi connectivity index (χ4v) is 4.16. The van der Waals surface area contributed by atoms with E-state index in [2.05, 4.69) is 20.4 Å². The molecule has 2 aromatic heterocycles. The van der Waals surface area contributed by atoms with Crippen molar-refractivity contribution in [2.75, 3.05) is 0 Å². The molecule has 0 radical (unpaired) electrons. The van der Waals surface area contributed by atoms with E-state index in [-0.39, 0.29) is 11.6 Å². The first kappa shape index (κ1) is 21.3. The fourth-order valence-electron chi connectivity index (χ4n) is 2.83. The average Bonchev–Trinajstić information content (AvgIpc) is 3.39. The third kappa shape index (κ3) is 4.55. The van der Waals surface area contributed by atoms with E-state index in [4.69, 9.17) is 27.6 Å². The van der Waals surface area contributed by atoms with Gasteiger partial charge in [0.15, 0.2) is 11.0 Å². The normalized spacial score (nSPS) is 11.1. The summed E-state index contributed by atoms with van der Waals surface area (Å²) in [5.41, 5.74) is 1.34. The van der Waals surface area contributed by atoms with Gasteiger partial charge in [-0.25, -0.2) is 0 Å². The first-order chi connectivity index (χ1) is 15.0. The van der Waals surface area contributed by atoms with Crippen molar-refractivity contribution in [1.29, 1.82) is 0 Å². The topological polar surface area (TPSA) is 113 Å². The van der Waals surface area contributed by atoms with E-state index < -0.39 is 4.92 Å². The summed E-state index contributed by atoms with van der Waals surface area (Å²) in [6, 6.07) is 11.1. The van der Waals surface area contributed by atoms with Crippen molar-refractivity contribution in [3.05, 3.63) is 68.5 Å². The van der Waals surface area contributed by atoms with Crippen molar-refractivity contribution in [3.63, 3.8) is 0 Å². The van der Waals surface area contributed by atoms with Crippen molar-refractivity contribution < 1.29 is 9.34 Å². The van der Waals surface area contributed by atoms with E-state index in [0.717, 1.165) is 5.56 Å². The molecule has 4 rings (SSSR count). The Labute approximate surface area is 190 Å². The summed E-state index contributed by atoms with van der Waals surface area (Å²) in [6.45, 7) is 2.63. The maximum absolute atomic E-state index is 10.8. The van der Waals surface area contributed by atoms with Crippen LogP contribution < -0.4 is 0 Å². The molecule has 31 heavy (non-hydrogen) atoms. The van der Waals surface area contributed by atoms with Crippen molar-refractivity contribution >= 4 is 40.7 Å².